The van der Waals surface area contributed by atoms with E-state index in [1.807, 2.05) is 0 Å². The summed E-state index contributed by atoms with van der Waals surface area (Å²) in [5.74, 6) is -3.34. The van der Waals surface area contributed by atoms with E-state index in [1.54, 1.807) is 6.07 Å². The van der Waals surface area contributed by atoms with E-state index < -0.39 is 33.4 Å². The molecule has 1 amide bonds. The zero-order valence-electron chi connectivity index (χ0n) is 13.9. The Morgan fingerprint density at radius 2 is 1.73 bits per heavy atom. The highest BCUT2D eigenvalue weighted by Gasteiger charge is 2.19. The van der Waals surface area contributed by atoms with Crippen molar-refractivity contribution < 1.29 is 26.4 Å². The van der Waals surface area contributed by atoms with Crippen LogP contribution < -0.4 is 9.62 Å². The molecule has 0 atom stereocenters. The Hall–Kier alpha value is -2.55. The fourth-order valence-electron chi connectivity index (χ4n) is 2.29. The van der Waals surface area contributed by atoms with Gasteiger partial charge in [0.1, 0.15) is 5.82 Å². The molecule has 0 spiro atoms. The van der Waals surface area contributed by atoms with E-state index in [1.165, 1.54) is 18.2 Å². The topological polar surface area (TPSA) is 66.5 Å². The van der Waals surface area contributed by atoms with Gasteiger partial charge in [-0.15, -0.1) is 0 Å². The maximum atomic E-state index is 13.5. The normalized spacial score (nSPS) is 11.2. The van der Waals surface area contributed by atoms with Gasteiger partial charge in [-0.2, -0.15) is 0 Å². The Balaban J connectivity index is 2.01. The molecule has 0 unspecified atom stereocenters. The van der Waals surface area contributed by atoms with Crippen molar-refractivity contribution in [2.45, 2.75) is 12.8 Å². The number of anilines is 2. The summed E-state index contributed by atoms with van der Waals surface area (Å²) in [6.07, 6.45) is 0.948. The zero-order valence-corrected chi connectivity index (χ0v) is 14.7. The van der Waals surface area contributed by atoms with E-state index >= 15 is 0 Å². The molecule has 1 N–H and O–H groups in total. The number of nitrogens with zero attached hydrogens (tertiary/aromatic N) is 1. The molecule has 0 fully saturated rings. The van der Waals surface area contributed by atoms with E-state index in [-0.39, 0.29) is 30.8 Å². The summed E-state index contributed by atoms with van der Waals surface area (Å²) in [4.78, 5) is 11.9. The van der Waals surface area contributed by atoms with Crippen LogP contribution in [-0.2, 0) is 14.8 Å². The maximum Gasteiger partial charge on any atom is 0.232 e. The number of halogens is 3. The minimum absolute atomic E-state index is 0.0260. The highest BCUT2D eigenvalue weighted by molar-refractivity contribution is 7.92. The van der Waals surface area contributed by atoms with Crippen LogP contribution in [0.3, 0.4) is 0 Å². The Labute approximate surface area is 149 Å². The van der Waals surface area contributed by atoms with E-state index in [0.29, 0.717) is 0 Å². The van der Waals surface area contributed by atoms with E-state index in [2.05, 4.69) is 5.32 Å². The number of amides is 1. The summed E-state index contributed by atoms with van der Waals surface area (Å²) >= 11 is 0. The number of benzene rings is 2. The summed E-state index contributed by atoms with van der Waals surface area (Å²) in [5, 5.41) is 2.39. The largest absolute Gasteiger partial charge is 0.324 e. The number of para-hydroxylation sites is 1. The van der Waals surface area contributed by atoms with Crippen LogP contribution in [0.1, 0.15) is 12.8 Å². The van der Waals surface area contributed by atoms with Crippen LogP contribution in [0, 0.1) is 17.5 Å². The molecule has 0 aliphatic rings. The molecular weight excluding hydrogens is 369 g/mol. The van der Waals surface area contributed by atoms with Gasteiger partial charge in [-0.05, 0) is 30.7 Å². The van der Waals surface area contributed by atoms with Crippen molar-refractivity contribution in [3.05, 3.63) is 59.9 Å². The van der Waals surface area contributed by atoms with E-state index in [4.69, 9.17) is 0 Å². The van der Waals surface area contributed by atoms with Gasteiger partial charge >= 0.3 is 0 Å². The maximum absolute atomic E-state index is 13.5. The second-order valence-electron chi connectivity index (χ2n) is 5.57. The van der Waals surface area contributed by atoms with Crippen molar-refractivity contribution in [2.24, 2.45) is 0 Å². The second kappa shape index (κ2) is 8.22. The molecule has 0 saturated heterocycles. The lowest BCUT2D eigenvalue weighted by Crippen LogP contribution is -2.31. The molecular formula is C17H17F3N2O3S. The SMILES string of the molecule is CS(=O)(=O)N(CCCC(=O)Nc1ccccc1F)c1ccc(F)c(F)c1. The molecule has 0 heterocycles. The summed E-state index contributed by atoms with van der Waals surface area (Å²) in [5.41, 5.74) is -0.0148. The number of hydrogen-bond acceptors (Lipinski definition) is 3. The first-order valence-electron chi connectivity index (χ1n) is 7.65. The third-order valence-electron chi connectivity index (χ3n) is 3.50. The lowest BCUT2D eigenvalue weighted by Gasteiger charge is -2.22. The fraction of sp³-hybridized carbons (Fsp3) is 0.235. The molecule has 0 bridgehead atoms. The van der Waals surface area contributed by atoms with E-state index in [9.17, 15) is 26.4 Å². The summed E-state index contributed by atoms with van der Waals surface area (Å²) < 4.78 is 64.6. The quantitative estimate of drug-likeness (QED) is 0.794. The van der Waals surface area contributed by atoms with Gasteiger partial charge in [0.25, 0.3) is 0 Å². The number of rotatable bonds is 7. The Bertz CT molecular complexity index is 904. The van der Waals surface area contributed by atoms with Gasteiger partial charge in [-0.3, -0.25) is 9.10 Å². The zero-order chi connectivity index (χ0) is 19.3. The fourth-order valence-corrected chi connectivity index (χ4v) is 3.24. The monoisotopic (exact) mass is 386 g/mol. The van der Waals surface area contributed by atoms with Crippen LogP contribution in [0.5, 0.6) is 0 Å². The lowest BCUT2D eigenvalue weighted by molar-refractivity contribution is -0.116. The van der Waals surface area contributed by atoms with Crippen LogP contribution in [0.4, 0.5) is 24.5 Å². The van der Waals surface area contributed by atoms with Gasteiger partial charge in [-0.1, -0.05) is 12.1 Å². The molecule has 0 aliphatic carbocycles. The second-order valence-corrected chi connectivity index (χ2v) is 7.47. The molecule has 0 saturated carbocycles. The molecule has 9 heteroatoms. The summed E-state index contributed by atoms with van der Waals surface area (Å²) in [6, 6.07) is 8.38. The van der Waals surface area contributed by atoms with Gasteiger partial charge in [0.2, 0.25) is 15.9 Å². The summed E-state index contributed by atoms with van der Waals surface area (Å²) in [6.45, 7) is -0.116. The molecule has 26 heavy (non-hydrogen) atoms. The Kier molecular flexibility index (Phi) is 6.25. The van der Waals surface area contributed by atoms with Crippen molar-refractivity contribution in [3.8, 4) is 0 Å². The third-order valence-corrected chi connectivity index (χ3v) is 4.70. The van der Waals surface area contributed by atoms with Crippen molar-refractivity contribution in [1.29, 1.82) is 0 Å². The number of hydrogen-bond donors (Lipinski definition) is 1. The molecule has 140 valence electrons. The molecule has 2 aromatic carbocycles. The highest BCUT2D eigenvalue weighted by Crippen LogP contribution is 2.21. The predicted octanol–water partition coefficient (Wildman–Crippen LogP) is 3.29. The van der Waals surface area contributed by atoms with Crippen molar-refractivity contribution in [3.63, 3.8) is 0 Å². The minimum Gasteiger partial charge on any atom is -0.324 e. The van der Waals surface area contributed by atoms with Gasteiger partial charge in [0, 0.05) is 19.0 Å². The molecule has 5 nitrogen and oxygen atoms in total. The number of sulfonamides is 1. The minimum atomic E-state index is -3.76. The Morgan fingerprint density at radius 3 is 2.35 bits per heavy atom. The number of carbonyl (C=O) groups is 1. The van der Waals surface area contributed by atoms with Crippen molar-refractivity contribution >= 4 is 27.3 Å². The standard InChI is InChI=1S/C17H17F3N2O3S/c1-26(24,25)22(12-8-9-13(18)15(20)11-12)10-4-7-17(23)21-16-6-3-2-5-14(16)19/h2-3,5-6,8-9,11H,4,7,10H2,1H3,(H,21,23). The van der Waals surface area contributed by atoms with E-state index in [0.717, 1.165) is 28.8 Å². The first-order valence-corrected chi connectivity index (χ1v) is 9.50. The van der Waals surface area contributed by atoms with Crippen LogP contribution in [0.25, 0.3) is 0 Å². The van der Waals surface area contributed by atoms with Crippen LogP contribution in [0.15, 0.2) is 42.5 Å². The third kappa shape index (κ3) is 5.22. The average molecular weight is 386 g/mol. The smallest absolute Gasteiger partial charge is 0.232 e. The summed E-state index contributed by atoms with van der Waals surface area (Å²) in [7, 11) is -3.76. The molecule has 0 radical (unpaired) electrons. The van der Waals surface area contributed by atoms with Crippen molar-refractivity contribution in [2.75, 3.05) is 22.4 Å². The average Bonchev–Trinajstić information content (AvgIpc) is 2.55. The predicted molar refractivity (Wildman–Crippen MR) is 92.8 cm³/mol. The number of nitrogens with one attached hydrogen (secondary N) is 1. The lowest BCUT2D eigenvalue weighted by atomic mass is 10.2. The molecule has 2 rings (SSSR count). The van der Waals surface area contributed by atoms with Crippen molar-refractivity contribution in [1.82, 2.24) is 0 Å². The van der Waals surface area contributed by atoms with Crippen LogP contribution in [0.2, 0.25) is 0 Å². The van der Waals surface area contributed by atoms with Crippen LogP contribution in [-0.4, -0.2) is 27.1 Å². The molecule has 0 aliphatic heterocycles. The first-order chi connectivity index (χ1) is 12.2. The molecule has 2 aromatic rings. The van der Waals surface area contributed by atoms with Crippen LogP contribution >= 0.6 is 0 Å². The highest BCUT2D eigenvalue weighted by atomic mass is 32.2. The molecule has 0 aromatic heterocycles. The van der Waals surface area contributed by atoms with Gasteiger partial charge in [-0.25, -0.2) is 21.6 Å². The van der Waals surface area contributed by atoms with Gasteiger partial charge in [0.05, 0.1) is 17.6 Å². The Morgan fingerprint density at radius 1 is 1.04 bits per heavy atom. The first kappa shape index (κ1) is 19.8. The number of carbonyl (C=O) groups excluding carboxylic acids is 1. The van der Waals surface area contributed by atoms with Gasteiger partial charge < -0.3 is 5.32 Å². The van der Waals surface area contributed by atoms with Gasteiger partial charge in [0.15, 0.2) is 11.6 Å².